The minimum absolute atomic E-state index is 0.0476. The van der Waals surface area contributed by atoms with E-state index in [2.05, 4.69) is 46.4 Å². The summed E-state index contributed by atoms with van der Waals surface area (Å²) in [6.07, 6.45) is 1.60. The molecule has 0 saturated carbocycles. The van der Waals surface area contributed by atoms with Crippen LogP contribution in [0.25, 0.3) is 11.1 Å². The van der Waals surface area contributed by atoms with Crippen LogP contribution in [-0.4, -0.2) is 24.2 Å². The summed E-state index contributed by atoms with van der Waals surface area (Å²) < 4.78 is 5.49. The maximum Gasteiger partial charge on any atom is 0.407 e. The number of ether oxygens (including phenoxy) is 1. The lowest BCUT2D eigenvalue weighted by molar-refractivity contribution is 0.143. The fourth-order valence-electron chi connectivity index (χ4n) is 3.60. The summed E-state index contributed by atoms with van der Waals surface area (Å²) in [6, 6.07) is 18.2. The van der Waals surface area contributed by atoms with Gasteiger partial charge in [-0.25, -0.2) is 9.78 Å². The Morgan fingerprint density at radius 3 is 2.40 bits per heavy atom. The molecule has 4 rings (SSSR count). The first-order valence-electron chi connectivity index (χ1n) is 9.72. The van der Waals surface area contributed by atoms with Crippen LogP contribution in [0.1, 0.15) is 29.0 Å². The van der Waals surface area contributed by atoms with Crippen LogP contribution in [0.5, 0.6) is 0 Å². The second-order valence-corrected chi connectivity index (χ2v) is 7.00. The van der Waals surface area contributed by atoms with E-state index < -0.39 is 6.09 Å². The van der Waals surface area contributed by atoms with Crippen molar-refractivity contribution in [1.29, 1.82) is 0 Å². The molecule has 0 unspecified atom stereocenters. The average molecular weight is 398 g/mol. The molecule has 1 amide bonds. The highest BCUT2D eigenvalue weighted by atomic mass is 16.5. The number of rotatable bonds is 4. The number of alkyl carbamates (subject to hydrolysis) is 1. The van der Waals surface area contributed by atoms with Crippen molar-refractivity contribution in [2.45, 2.75) is 12.3 Å². The molecule has 0 saturated heterocycles. The predicted octanol–water partition coefficient (Wildman–Crippen LogP) is 3.53. The van der Waals surface area contributed by atoms with Crippen molar-refractivity contribution in [2.24, 2.45) is 0 Å². The van der Waals surface area contributed by atoms with Crippen molar-refractivity contribution in [3.8, 4) is 23.0 Å². The SMILES string of the molecule is Nc1cc(C#CCCNC(=O)OCC2c3ccccc3-c3ccccc32)cnc1N. The van der Waals surface area contributed by atoms with E-state index in [9.17, 15) is 4.79 Å². The fraction of sp³-hybridized carbons (Fsp3) is 0.167. The summed E-state index contributed by atoms with van der Waals surface area (Å²) in [6.45, 7) is 0.684. The summed E-state index contributed by atoms with van der Waals surface area (Å²) in [5, 5.41) is 2.74. The number of nitrogen functional groups attached to an aromatic ring is 2. The molecule has 5 N–H and O–H groups in total. The Labute approximate surface area is 175 Å². The van der Waals surface area contributed by atoms with Crippen molar-refractivity contribution in [1.82, 2.24) is 10.3 Å². The normalized spacial score (nSPS) is 11.7. The smallest absolute Gasteiger partial charge is 0.407 e. The molecule has 0 fully saturated rings. The van der Waals surface area contributed by atoms with Crippen LogP contribution < -0.4 is 16.8 Å². The molecule has 150 valence electrons. The molecule has 2 aromatic carbocycles. The highest BCUT2D eigenvalue weighted by Gasteiger charge is 2.28. The third kappa shape index (κ3) is 4.06. The zero-order valence-electron chi connectivity index (χ0n) is 16.4. The first kappa shape index (κ1) is 19.3. The third-order valence-electron chi connectivity index (χ3n) is 5.05. The van der Waals surface area contributed by atoms with E-state index in [1.165, 1.54) is 22.3 Å². The molecule has 0 aliphatic heterocycles. The van der Waals surface area contributed by atoms with Gasteiger partial charge < -0.3 is 21.5 Å². The highest BCUT2D eigenvalue weighted by molar-refractivity contribution is 5.79. The minimum atomic E-state index is -0.447. The van der Waals surface area contributed by atoms with Crippen LogP contribution >= 0.6 is 0 Å². The average Bonchev–Trinajstić information content (AvgIpc) is 3.08. The number of nitrogens with two attached hydrogens (primary N) is 2. The molecular weight excluding hydrogens is 376 g/mol. The Hall–Kier alpha value is -3.98. The van der Waals surface area contributed by atoms with Gasteiger partial charge in [-0.1, -0.05) is 60.4 Å². The molecule has 0 radical (unpaired) electrons. The number of carbonyl (C=O) groups excluding carboxylic acids is 1. The van der Waals surface area contributed by atoms with Gasteiger partial charge in [-0.2, -0.15) is 0 Å². The first-order valence-corrected chi connectivity index (χ1v) is 9.72. The second-order valence-electron chi connectivity index (χ2n) is 7.00. The first-order chi connectivity index (χ1) is 14.6. The van der Waals surface area contributed by atoms with Gasteiger partial charge in [0.15, 0.2) is 0 Å². The largest absolute Gasteiger partial charge is 0.449 e. The number of carbonyl (C=O) groups is 1. The van der Waals surface area contributed by atoms with E-state index in [0.29, 0.717) is 30.8 Å². The monoisotopic (exact) mass is 398 g/mol. The van der Waals surface area contributed by atoms with Crippen molar-refractivity contribution in [2.75, 3.05) is 24.6 Å². The van der Waals surface area contributed by atoms with Gasteiger partial charge in [0.1, 0.15) is 12.4 Å². The number of nitrogens with zero attached hydrogens (tertiary/aromatic N) is 1. The standard InChI is InChI=1S/C24H22N4O2/c25-22-13-16(14-28-23(22)26)7-5-6-12-27-24(29)30-15-21-19-10-3-1-8-17(19)18-9-2-4-11-20(18)21/h1-4,8-11,13-14,21H,6,12,15,25H2,(H2,26,28)(H,27,29). The Morgan fingerprint density at radius 2 is 1.73 bits per heavy atom. The van der Waals surface area contributed by atoms with Crippen LogP contribution in [0.4, 0.5) is 16.3 Å². The lowest BCUT2D eigenvalue weighted by Gasteiger charge is -2.14. The summed E-state index contributed by atoms with van der Waals surface area (Å²) in [4.78, 5) is 16.1. The summed E-state index contributed by atoms with van der Waals surface area (Å²) >= 11 is 0. The maximum atomic E-state index is 12.1. The van der Waals surface area contributed by atoms with E-state index in [4.69, 9.17) is 16.2 Å². The van der Waals surface area contributed by atoms with E-state index in [0.717, 1.165) is 0 Å². The molecule has 6 nitrogen and oxygen atoms in total. The lowest BCUT2D eigenvalue weighted by Crippen LogP contribution is -2.26. The quantitative estimate of drug-likeness (QED) is 0.461. The number of pyridine rings is 1. The summed E-state index contributed by atoms with van der Waals surface area (Å²) in [5.41, 5.74) is 17.2. The van der Waals surface area contributed by atoms with Crippen LogP contribution in [0.3, 0.4) is 0 Å². The molecular formula is C24H22N4O2. The lowest BCUT2D eigenvalue weighted by atomic mass is 9.98. The zero-order chi connectivity index (χ0) is 20.9. The van der Waals surface area contributed by atoms with Crippen LogP contribution in [0.15, 0.2) is 60.8 Å². The van der Waals surface area contributed by atoms with E-state index >= 15 is 0 Å². The number of amides is 1. The molecule has 1 heterocycles. The van der Waals surface area contributed by atoms with E-state index in [1.54, 1.807) is 12.3 Å². The number of fused-ring (bicyclic) bond motifs is 3. The van der Waals surface area contributed by atoms with Gasteiger partial charge >= 0.3 is 6.09 Å². The van der Waals surface area contributed by atoms with Crippen LogP contribution in [0, 0.1) is 11.8 Å². The van der Waals surface area contributed by atoms with Crippen LogP contribution in [-0.2, 0) is 4.74 Å². The van der Waals surface area contributed by atoms with Crippen LogP contribution in [0.2, 0.25) is 0 Å². The number of benzene rings is 2. The summed E-state index contributed by atoms with van der Waals surface area (Å²) in [5.74, 6) is 6.25. The third-order valence-corrected chi connectivity index (χ3v) is 5.05. The highest BCUT2D eigenvalue weighted by Crippen LogP contribution is 2.44. The maximum absolute atomic E-state index is 12.1. The van der Waals surface area contributed by atoms with Gasteiger partial charge in [0.25, 0.3) is 0 Å². The van der Waals surface area contributed by atoms with E-state index in [1.807, 2.05) is 24.3 Å². The van der Waals surface area contributed by atoms with Gasteiger partial charge in [0.05, 0.1) is 5.69 Å². The van der Waals surface area contributed by atoms with Gasteiger partial charge in [-0.3, -0.25) is 0 Å². The van der Waals surface area contributed by atoms with Crippen molar-refractivity contribution in [3.63, 3.8) is 0 Å². The molecule has 0 spiro atoms. The van der Waals surface area contributed by atoms with Gasteiger partial charge in [0, 0.05) is 30.6 Å². The molecule has 3 aromatic rings. The van der Waals surface area contributed by atoms with Gasteiger partial charge in [-0.05, 0) is 28.3 Å². The van der Waals surface area contributed by atoms with Crippen molar-refractivity contribution in [3.05, 3.63) is 77.5 Å². The van der Waals surface area contributed by atoms with Gasteiger partial charge in [-0.15, -0.1) is 0 Å². The van der Waals surface area contributed by atoms with Crippen molar-refractivity contribution >= 4 is 17.6 Å². The fourth-order valence-corrected chi connectivity index (χ4v) is 3.60. The van der Waals surface area contributed by atoms with E-state index in [-0.39, 0.29) is 11.7 Å². The molecule has 30 heavy (non-hydrogen) atoms. The van der Waals surface area contributed by atoms with Crippen molar-refractivity contribution < 1.29 is 9.53 Å². The number of hydrogen-bond acceptors (Lipinski definition) is 5. The number of hydrogen-bond donors (Lipinski definition) is 3. The number of anilines is 2. The Morgan fingerprint density at radius 1 is 1.07 bits per heavy atom. The molecule has 0 atom stereocenters. The Balaban J connectivity index is 1.29. The number of aromatic nitrogens is 1. The zero-order valence-corrected chi connectivity index (χ0v) is 16.4. The molecule has 0 bridgehead atoms. The summed E-state index contributed by atoms with van der Waals surface area (Å²) in [7, 11) is 0. The molecule has 1 aliphatic rings. The Bertz CT molecular complexity index is 1100. The predicted molar refractivity (Wildman–Crippen MR) is 118 cm³/mol. The topological polar surface area (TPSA) is 103 Å². The minimum Gasteiger partial charge on any atom is -0.449 e. The molecule has 6 heteroatoms. The number of nitrogens with one attached hydrogen (secondary N) is 1. The molecule has 1 aromatic heterocycles. The van der Waals surface area contributed by atoms with Gasteiger partial charge in [0.2, 0.25) is 0 Å². The molecule has 1 aliphatic carbocycles. The Kier molecular flexibility index (Phi) is 5.53. The second kappa shape index (κ2) is 8.58.